The summed E-state index contributed by atoms with van der Waals surface area (Å²) in [5.74, 6) is -1.25. The predicted molar refractivity (Wildman–Crippen MR) is 184 cm³/mol. The molecule has 3 amide bonds. The predicted octanol–water partition coefficient (Wildman–Crippen LogP) is 5.77. The Morgan fingerprint density at radius 1 is 1.02 bits per heavy atom. The van der Waals surface area contributed by atoms with Crippen LogP contribution in [-0.2, 0) is 14.4 Å². The molecule has 3 heterocycles. The summed E-state index contributed by atoms with van der Waals surface area (Å²) in [5.41, 5.74) is 2.73. The summed E-state index contributed by atoms with van der Waals surface area (Å²) in [7, 11) is 0. The molecule has 2 aliphatic heterocycles. The number of hydrogen-bond donors (Lipinski definition) is 3. The molecule has 10 nitrogen and oxygen atoms in total. The van der Waals surface area contributed by atoms with Crippen LogP contribution in [0.3, 0.4) is 0 Å². The average molecular weight is 684 g/mol. The lowest BCUT2D eigenvalue weighted by Gasteiger charge is -2.30. The lowest BCUT2D eigenvalue weighted by molar-refractivity contribution is -0.141. The Labute approximate surface area is 287 Å². The summed E-state index contributed by atoms with van der Waals surface area (Å²) in [6, 6.07) is 21.3. The van der Waals surface area contributed by atoms with Gasteiger partial charge < -0.3 is 25.1 Å². The van der Waals surface area contributed by atoms with Crippen molar-refractivity contribution in [3.05, 3.63) is 96.8 Å². The van der Waals surface area contributed by atoms with E-state index in [4.69, 9.17) is 9.57 Å². The SMILES string of the molecule is O=C1N[C@]2(C(=O)NOc3ccccc3)C[C@H]2/C=C\CCCCC[C@H](Nc2ccccc2)C(=O)N2C[C@H](Oc3nc4ccc(F)cc4s3)C[C@@H]12. The molecule has 0 radical (unpaired) electrons. The normalized spacial score (nSPS) is 26.3. The largest absolute Gasteiger partial charge is 0.465 e. The van der Waals surface area contributed by atoms with E-state index in [1.54, 1.807) is 35.2 Å². The van der Waals surface area contributed by atoms with E-state index in [1.165, 1.54) is 23.5 Å². The molecule has 1 aromatic heterocycles. The monoisotopic (exact) mass is 683 g/mol. The molecule has 1 saturated heterocycles. The number of fused-ring (bicyclic) bond motifs is 3. The minimum Gasteiger partial charge on any atom is -0.465 e. The molecule has 49 heavy (non-hydrogen) atoms. The van der Waals surface area contributed by atoms with Gasteiger partial charge in [-0.15, -0.1) is 0 Å². The number of benzene rings is 3. The Morgan fingerprint density at radius 3 is 2.63 bits per heavy atom. The number of rotatable bonds is 7. The Hall–Kier alpha value is -4.97. The number of nitrogens with zero attached hydrogens (tertiary/aromatic N) is 2. The van der Waals surface area contributed by atoms with E-state index < -0.39 is 35.5 Å². The first-order valence-corrected chi connectivity index (χ1v) is 17.6. The summed E-state index contributed by atoms with van der Waals surface area (Å²) < 4.78 is 20.8. The third-order valence-electron chi connectivity index (χ3n) is 9.36. The molecule has 3 N–H and O–H groups in total. The first-order valence-electron chi connectivity index (χ1n) is 16.7. The van der Waals surface area contributed by atoms with Crippen LogP contribution in [0, 0.1) is 11.7 Å². The van der Waals surface area contributed by atoms with Crippen LogP contribution in [0.5, 0.6) is 10.9 Å². The number of thiazole rings is 1. The van der Waals surface area contributed by atoms with Crippen LogP contribution < -0.4 is 25.7 Å². The summed E-state index contributed by atoms with van der Waals surface area (Å²) in [6.45, 7) is 0.147. The molecular weight excluding hydrogens is 646 g/mol. The maximum atomic E-state index is 14.4. The smallest absolute Gasteiger partial charge is 0.278 e. The van der Waals surface area contributed by atoms with Crippen molar-refractivity contribution in [1.82, 2.24) is 20.7 Å². The molecule has 1 aliphatic carbocycles. The van der Waals surface area contributed by atoms with Crippen LogP contribution in [0.25, 0.3) is 10.2 Å². The first kappa shape index (κ1) is 32.6. The molecule has 254 valence electrons. The van der Waals surface area contributed by atoms with Crippen LogP contribution in [0.1, 0.15) is 44.9 Å². The van der Waals surface area contributed by atoms with Crippen molar-refractivity contribution in [3.63, 3.8) is 0 Å². The number of allylic oxidation sites excluding steroid dienone is 1. The lowest BCUT2D eigenvalue weighted by Crippen LogP contribution is -2.57. The zero-order valence-corrected chi connectivity index (χ0v) is 27.7. The van der Waals surface area contributed by atoms with Crippen LogP contribution >= 0.6 is 11.3 Å². The van der Waals surface area contributed by atoms with Crippen molar-refractivity contribution in [2.24, 2.45) is 5.92 Å². The fourth-order valence-electron chi connectivity index (χ4n) is 6.66. The van der Waals surface area contributed by atoms with Crippen molar-refractivity contribution < 1.29 is 28.3 Å². The zero-order chi connectivity index (χ0) is 33.8. The molecule has 0 bridgehead atoms. The third-order valence-corrected chi connectivity index (χ3v) is 10.3. The van der Waals surface area contributed by atoms with Gasteiger partial charge in [0, 0.05) is 18.0 Å². The number of anilines is 1. The minimum absolute atomic E-state index is 0.147. The Balaban J connectivity index is 1.16. The van der Waals surface area contributed by atoms with Gasteiger partial charge in [0.15, 0.2) is 5.75 Å². The number of nitrogens with one attached hydrogen (secondary N) is 3. The number of hydroxylamine groups is 1. The number of ether oxygens (including phenoxy) is 1. The Kier molecular flexibility index (Phi) is 9.47. The van der Waals surface area contributed by atoms with E-state index in [0.29, 0.717) is 34.0 Å². The van der Waals surface area contributed by atoms with Crippen molar-refractivity contribution in [3.8, 4) is 10.9 Å². The van der Waals surface area contributed by atoms with Gasteiger partial charge in [0.25, 0.3) is 11.1 Å². The van der Waals surface area contributed by atoms with Gasteiger partial charge >= 0.3 is 0 Å². The van der Waals surface area contributed by atoms with E-state index in [0.717, 1.165) is 31.4 Å². The maximum absolute atomic E-state index is 14.4. The second kappa shape index (κ2) is 14.3. The molecule has 3 aliphatic rings. The van der Waals surface area contributed by atoms with Gasteiger partial charge in [-0.1, -0.05) is 72.7 Å². The van der Waals surface area contributed by atoms with Crippen molar-refractivity contribution in [2.45, 2.75) is 68.7 Å². The number of para-hydroxylation sites is 2. The Bertz CT molecular complexity index is 1840. The Morgan fingerprint density at radius 2 is 1.82 bits per heavy atom. The highest BCUT2D eigenvalue weighted by molar-refractivity contribution is 7.20. The maximum Gasteiger partial charge on any atom is 0.278 e. The van der Waals surface area contributed by atoms with Crippen molar-refractivity contribution in [2.75, 3.05) is 11.9 Å². The van der Waals surface area contributed by atoms with Crippen LogP contribution in [0.2, 0.25) is 0 Å². The fourth-order valence-corrected chi connectivity index (χ4v) is 7.56. The number of carbonyl (C=O) groups excluding carboxylic acids is 3. The molecular formula is C37H38FN5O5S. The average Bonchev–Trinajstić information content (AvgIpc) is 3.41. The number of aromatic nitrogens is 1. The van der Waals surface area contributed by atoms with Gasteiger partial charge in [-0.25, -0.2) is 9.37 Å². The molecule has 4 aromatic rings. The number of hydrogen-bond acceptors (Lipinski definition) is 8. The number of halogens is 1. The minimum atomic E-state index is -1.23. The van der Waals surface area contributed by atoms with E-state index in [1.807, 2.05) is 42.5 Å². The quantitative estimate of drug-likeness (QED) is 0.167. The molecule has 0 spiro atoms. The molecule has 7 rings (SSSR count). The van der Waals surface area contributed by atoms with E-state index in [9.17, 15) is 18.8 Å². The summed E-state index contributed by atoms with van der Waals surface area (Å²) in [4.78, 5) is 54.0. The third kappa shape index (κ3) is 7.39. The van der Waals surface area contributed by atoms with Gasteiger partial charge in [0.2, 0.25) is 11.8 Å². The topological polar surface area (TPSA) is 122 Å². The summed E-state index contributed by atoms with van der Waals surface area (Å²) >= 11 is 1.21. The zero-order valence-electron chi connectivity index (χ0n) is 26.8. The molecule has 2 fully saturated rings. The molecule has 3 aromatic carbocycles. The van der Waals surface area contributed by atoms with Crippen LogP contribution in [0.15, 0.2) is 91.0 Å². The summed E-state index contributed by atoms with van der Waals surface area (Å²) in [6.07, 6.45) is 8.22. The van der Waals surface area contributed by atoms with E-state index in [2.05, 4.69) is 27.2 Å². The fraction of sp³-hybridized carbons (Fsp3) is 0.351. The number of carbonyl (C=O) groups is 3. The van der Waals surface area contributed by atoms with Gasteiger partial charge in [0.1, 0.15) is 29.5 Å². The summed E-state index contributed by atoms with van der Waals surface area (Å²) in [5, 5.41) is 6.78. The second-order valence-corrected chi connectivity index (χ2v) is 13.8. The highest BCUT2D eigenvalue weighted by Crippen LogP contribution is 2.45. The van der Waals surface area contributed by atoms with Crippen molar-refractivity contribution in [1.29, 1.82) is 0 Å². The highest BCUT2D eigenvalue weighted by atomic mass is 32.1. The molecule has 5 atom stereocenters. The van der Waals surface area contributed by atoms with Gasteiger partial charge in [-0.05, 0) is 68.1 Å². The number of amides is 3. The van der Waals surface area contributed by atoms with Gasteiger partial charge in [0.05, 0.1) is 16.8 Å². The van der Waals surface area contributed by atoms with Crippen LogP contribution in [-0.4, -0.2) is 57.9 Å². The van der Waals surface area contributed by atoms with Gasteiger partial charge in [-0.3, -0.25) is 14.4 Å². The van der Waals surface area contributed by atoms with E-state index >= 15 is 0 Å². The second-order valence-electron chi connectivity index (χ2n) is 12.8. The molecule has 1 saturated carbocycles. The van der Waals surface area contributed by atoms with Gasteiger partial charge in [-0.2, -0.15) is 5.48 Å². The molecule has 0 unspecified atom stereocenters. The first-order chi connectivity index (χ1) is 23.9. The van der Waals surface area contributed by atoms with Crippen LogP contribution in [0.4, 0.5) is 10.1 Å². The van der Waals surface area contributed by atoms with Crippen molar-refractivity contribution >= 4 is 45.0 Å². The van der Waals surface area contributed by atoms with E-state index in [-0.39, 0.29) is 30.6 Å². The molecule has 12 heteroatoms. The standard InChI is InChI=1S/C37H38FN5O5S/c38-25-18-19-29-32(20-25)49-36(40-29)47-28-21-31-33(44)41-37(35(46)42-48-27-15-9-5-10-16-27)22-24(37)12-6-2-1-3-11-17-30(34(45)43(31)23-28)39-26-13-7-4-8-14-26/h4-10,12-16,18-20,24,28,30-31,39H,1-3,11,17,21-23H2,(H,41,44)(H,42,46)/b12-6-/t24-,28-,30+,31+,37-/m1/s1. The highest BCUT2D eigenvalue weighted by Gasteiger charge is 2.61. The lowest BCUT2D eigenvalue weighted by atomic mass is 10.0.